The molecule has 0 spiro atoms. The number of pyridine rings is 2. The lowest BCUT2D eigenvalue weighted by Gasteiger charge is -2.43. The highest BCUT2D eigenvalue weighted by molar-refractivity contribution is 5.96. The third kappa shape index (κ3) is 2.83. The van der Waals surface area contributed by atoms with Gasteiger partial charge in [-0.05, 0) is 30.5 Å². The lowest BCUT2D eigenvalue weighted by atomic mass is 9.82. The maximum absolute atomic E-state index is 13.2. The Bertz CT molecular complexity index is 1170. The molecule has 2 aliphatic heterocycles. The van der Waals surface area contributed by atoms with Crippen LogP contribution in [0, 0.1) is 5.92 Å². The Kier molecular flexibility index (Phi) is 4.01. The van der Waals surface area contributed by atoms with Crippen LogP contribution in [-0.4, -0.2) is 48.1 Å². The van der Waals surface area contributed by atoms with E-state index in [1.807, 2.05) is 34.5 Å². The minimum Gasteiger partial charge on any atom is -0.505 e. The van der Waals surface area contributed by atoms with Crippen molar-refractivity contribution in [3.8, 4) is 17.1 Å². The summed E-state index contributed by atoms with van der Waals surface area (Å²) >= 11 is 0. The SMILES string of the molecule is Cn1ccnc1-c1ccc2n(c1=O)C[C@H]1C[C@@H]2CN(C(=O)c2ccncc2O)C1. The van der Waals surface area contributed by atoms with Crippen LogP contribution in [-0.2, 0) is 13.6 Å². The van der Waals surface area contributed by atoms with Crippen LogP contribution in [0.2, 0.25) is 0 Å². The number of hydrogen-bond acceptors (Lipinski definition) is 5. The molecule has 8 nitrogen and oxygen atoms in total. The van der Waals surface area contributed by atoms with Crippen LogP contribution < -0.4 is 5.56 Å². The number of carbonyl (C=O) groups excluding carboxylic acids is 1. The van der Waals surface area contributed by atoms with Crippen molar-refractivity contribution in [3.63, 3.8) is 0 Å². The number of aryl methyl sites for hydroxylation is 1. The molecule has 148 valence electrons. The zero-order chi connectivity index (χ0) is 20.1. The van der Waals surface area contributed by atoms with Gasteiger partial charge in [0.05, 0.1) is 17.3 Å². The predicted molar refractivity (Wildman–Crippen MR) is 106 cm³/mol. The number of fused-ring (bicyclic) bond motifs is 4. The molecule has 1 amide bonds. The molecule has 2 atom stereocenters. The quantitative estimate of drug-likeness (QED) is 0.716. The number of hydrogen-bond donors (Lipinski definition) is 1. The molecule has 5 heterocycles. The van der Waals surface area contributed by atoms with E-state index in [4.69, 9.17) is 0 Å². The molecule has 0 aliphatic carbocycles. The minimum atomic E-state index is -0.194. The van der Waals surface area contributed by atoms with Gasteiger partial charge in [0, 0.05) is 56.9 Å². The first kappa shape index (κ1) is 17.7. The third-order valence-electron chi connectivity index (χ3n) is 5.98. The number of nitrogens with zero attached hydrogens (tertiary/aromatic N) is 5. The lowest BCUT2D eigenvalue weighted by molar-refractivity contribution is 0.0591. The van der Waals surface area contributed by atoms with Gasteiger partial charge < -0.3 is 19.1 Å². The van der Waals surface area contributed by atoms with Gasteiger partial charge in [-0.1, -0.05) is 0 Å². The second-order valence-electron chi connectivity index (χ2n) is 7.85. The summed E-state index contributed by atoms with van der Waals surface area (Å²) in [6.07, 6.45) is 7.25. The summed E-state index contributed by atoms with van der Waals surface area (Å²) in [7, 11) is 1.87. The fraction of sp³-hybridized carbons (Fsp3) is 0.333. The Balaban J connectivity index is 1.48. The smallest absolute Gasteiger partial charge is 0.261 e. The molecular weight excluding hydrogens is 370 g/mol. The van der Waals surface area contributed by atoms with E-state index in [0.29, 0.717) is 31.0 Å². The fourth-order valence-corrected chi connectivity index (χ4v) is 4.64. The van der Waals surface area contributed by atoms with Crippen molar-refractivity contribution >= 4 is 5.91 Å². The molecule has 2 bridgehead atoms. The molecule has 1 saturated heterocycles. The van der Waals surface area contributed by atoms with Crippen molar-refractivity contribution in [2.45, 2.75) is 18.9 Å². The first-order valence-electron chi connectivity index (χ1n) is 9.66. The normalized spacial score (nSPS) is 20.4. The summed E-state index contributed by atoms with van der Waals surface area (Å²) in [5.74, 6) is 0.651. The molecule has 0 unspecified atom stereocenters. The fourth-order valence-electron chi connectivity index (χ4n) is 4.64. The molecule has 29 heavy (non-hydrogen) atoms. The molecule has 3 aromatic heterocycles. The highest BCUT2D eigenvalue weighted by atomic mass is 16.3. The maximum Gasteiger partial charge on any atom is 0.261 e. The van der Waals surface area contributed by atoms with Gasteiger partial charge in [0.15, 0.2) is 0 Å². The molecule has 1 N–H and O–H groups in total. The van der Waals surface area contributed by atoms with Gasteiger partial charge in [0.2, 0.25) is 0 Å². The van der Waals surface area contributed by atoms with Crippen LogP contribution in [0.4, 0.5) is 0 Å². The Morgan fingerprint density at radius 2 is 2.03 bits per heavy atom. The van der Waals surface area contributed by atoms with Gasteiger partial charge in [-0.25, -0.2) is 4.98 Å². The van der Waals surface area contributed by atoms with E-state index in [1.54, 1.807) is 17.2 Å². The van der Waals surface area contributed by atoms with Gasteiger partial charge in [-0.15, -0.1) is 0 Å². The van der Waals surface area contributed by atoms with Gasteiger partial charge in [-0.2, -0.15) is 0 Å². The van der Waals surface area contributed by atoms with E-state index in [1.165, 1.54) is 12.4 Å². The average molecular weight is 391 g/mol. The van der Waals surface area contributed by atoms with E-state index < -0.39 is 0 Å². The average Bonchev–Trinajstić information content (AvgIpc) is 3.14. The van der Waals surface area contributed by atoms with E-state index >= 15 is 0 Å². The van der Waals surface area contributed by atoms with Crippen LogP contribution in [0.15, 0.2) is 47.8 Å². The summed E-state index contributed by atoms with van der Waals surface area (Å²) < 4.78 is 3.70. The number of rotatable bonds is 2. The zero-order valence-electron chi connectivity index (χ0n) is 16.0. The standard InChI is InChI=1S/C21H21N5O3/c1-24-7-6-23-19(24)16-2-3-17-14-8-13(11-26(17)21(16)29)10-25(12-14)20(28)15-4-5-22-9-18(15)27/h2-7,9,13-14,27H,8,10-12H2,1H3/t13-,14+/m0/s1. The van der Waals surface area contributed by atoms with Crippen LogP contribution >= 0.6 is 0 Å². The predicted octanol–water partition coefficient (Wildman–Crippen LogP) is 1.61. The molecular formula is C21H21N5O3. The van der Waals surface area contributed by atoms with Crippen molar-refractivity contribution in [1.82, 2.24) is 24.0 Å². The van der Waals surface area contributed by atoms with Crippen molar-refractivity contribution < 1.29 is 9.90 Å². The van der Waals surface area contributed by atoms with Gasteiger partial charge >= 0.3 is 0 Å². The van der Waals surface area contributed by atoms with Crippen molar-refractivity contribution in [2.75, 3.05) is 13.1 Å². The highest BCUT2D eigenvalue weighted by Gasteiger charge is 2.37. The molecule has 8 heteroatoms. The Morgan fingerprint density at radius 3 is 2.79 bits per heavy atom. The number of likely N-dealkylation sites (tertiary alicyclic amines) is 1. The second kappa shape index (κ2) is 6.58. The summed E-state index contributed by atoms with van der Waals surface area (Å²) in [6.45, 7) is 1.67. The van der Waals surface area contributed by atoms with Gasteiger partial charge in [0.25, 0.3) is 11.5 Å². The first-order chi connectivity index (χ1) is 14.0. The lowest BCUT2D eigenvalue weighted by Crippen LogP contribution is -2.49. The van der Waals surface area contributed by atoms with Crippen LogP contribution in [0.5, 0.6) is 5.75 Å². The van der Waals surface area contributed by atoms with Crippen LogP contribution in [0.1, 0.15) is 28.4 Å². The van der Waals surface area contributed by atoms with Gasteiger partial charge in [0.1, 0.15) is 11.6 Å². The topological polar surface area (TPSA) is 93.3 Å². The Morgan fingerprint density at radius 1 is 1.17 bits per heavy atom. The number of piperidine rings is 1. The molecule has 2 aliphatic rings. The number of aromatic hydroxyl groups is 1. The third-order valence-corrected chi connectivity index (χ3v) is 5.98. The van der Waals surface area contributed by atoms with Gasteiger partial charge in [-0.3, -0.25) is 14.6 Å². The first-order valence-corrected chi connectivity index (χ1v) is 9.66. The number of amides is 1. The minimum absolute atomic E-state index is 0.0296. The highest BCUT2D eigenvalue weighted by Crippen LogP contribution is 2.36. The summed E-state index contributed by atoms with van der Waals surface area (Å²) in [4.78, 5) is 36.0. The molecule has 0 saturated carbocycles. The number of aromatic nitrogens is 4. The second-order valence-corrected chi connectivity index (χ2v) is 7.85. The van der Waals surface area contributed by atoms with Crippen molar-refractivity contribution in [1.29, 1.82) is 0 Å². The van der Waals surface area contributed by atoms with Crippen LogP contribution in [0.25, 0.3) is 11.4 Å². The van der Waals surface area contributed by atoms with E-state index in [9.17, 15) is 14.7 Å². The van der Waals surface area contributed by atoms with Crippen molar-refractivity contribution in [3.05, 3.63) is 64.6 Å². The monoisotopic (exact) mass is 391 g/mol. The Labute approximate surface area is 167 Å². The molecule has 1 fully saturated rings. The summed E-state index contributed by atoms with van der Waals surface area (Å²) in [6, 6.07) is 5.37. The zero-order valence-corrected chi connectivity index (χ0v) is 16.0. The van der Waals surface area contributed by atoms with E-state index in [0.717, 1.165) is 12.1 Å². The molecule has 5 rings (SSSR count). The number of imidazole rings is 1. The molecule has 0 aromatic carbocycles. The largest absolute Gasteiger partial charge is 0.505 e. The maximum atomic E-state index is 13.2. The summed E-state index contributed by atoms with van der Waals surface area (Å²) in [5, 5.41) is 9.99. The van der Waals surface area contributed by atoms with E-state index in [-0.39, 0.29) is 34.6 Å². The van der Waals surface area contributed by atoms with E-state index in [2.05, 4.69) is 9.97 Å². The summed E-state index contributed by atoms with van der Waals surface area (Å²) in [5.41, 5.74) is 1.79. The molecule has 0 radical (unpaired) electrons. The van der Waals surface area contributed by atoms with Crippen molar-refractivity contribution in [2.24, 2.45) is 13.0 Å². The van der Waals surface area contributed by atoms with Crippen LogP contribution in [0.3, 0.4) is 0 Å². The molecule has 3 aromatic rings. The number of carbonyl (C=O) groups is 1. The Hall–Kier alpha value is -3.42.